The molecule has 3 fully saturated rings. The minimum Gasteiger partial charge on any atom is -0.444 e. The van der Waals surface area contributed by atoms with Gasteiger partial charge in [-0.1, -0.05) is 0 Å². The third-order valence-electron chi connectivity index (χ3n) is 9.84. The summed E-state index contributed by atoms with van der Waals surface area (Å²) in [6, 6.07) is 1.59. The Morgan fingerprint density at radius 2 is 1.31 bits per heavy atom. The van der Waals surface area contributed by atoms with Gasteiger partial charge in [0.2, 0.25) is 0 Å². The highest BCUT2D eigenvalue weighted by molar-refractivity contribution is 8.32. The van der Waals surface area contributed by atoms with Gasteiger partial charge in [0.05, 0.1) is 35.7 Å². The van der Waals surface area contributed by atoms with Gasteiger partial charge < -0.3 is 35.7 Å². The number of hydrogen-bond acceptors (Lipinski definition) is 18. The number of alkyl halides is 1. The van der Waals surface area contributed by atoms with E-state index in [2.05, 4.69) is 36.6 Å². The maximum atomic E-state index is 13.7. The molecule has 31 heteroatoms. The number of hydrogen-bond donors (Lipinski definition) is 6. The van der Waals surface area contributed by atoms with Crippen LogP contribution in [0.4, 0.5) is 19.7 Å². The third-order valence-corrected chi connectivity index (χ3v) is 13.6. The van der Waals surface area contributed by atoms with Gasteiger partial charge in [0.25, 0.3) is 29.5 Å². The quantitative estimate of drug-likeness (QED) is 0.122. The van der Waals surface area contributed by atoms with Gasteiger partial charge >= 0.3 is 12.2 Å². The van der Waals surface area contributed by atoms with Gasteiger partial charge in [0.1, 0.15) is 74.6 Å². The number of carbonyl (C=O) groups is 7. The Bertz CT molecular complexity index is 2850. The Balaban J connectivity index is 0.000000305. The molecule has 5 heterocycles. The van der Waals surface area contributed by atoms with Gasteiger partial charge in [-0.15, -0.1) is 11.6 Å². The molecular formula is C44H64ClFN8O17S4. The molecule has 6 N–H and O–H groups in total. The summed E-state index contributed by atoms with van der Waals surface area (Å²) in [7, 11) is -8.44. The second-order valence-electron chi connectivity index (χ2n) is 19.1. The number of fused-ring (bicyclic) bond motifs is 1. The molecule has 0 radical (unpaired) electrons. The molecule has 4 aliphatic rings. The molecule has 2 aromatic rings. The van der Waals surface area contributed by atoms with Crippen LogP contribution < -0.4 is 26.7 Å². The number of anilines is 1. The summed E-state index contributed by atoms with van der Waals surface area (Å²) in [5.41, 5.74) is 3.95. The van der Waals surface area contributed by atoms with Gasteiger partial charge in [-0.05, 0) is 96.4 Å². The zero-order chi connectivity index (χ0) is 57.0. The normalized spacial score (nSPS) is 19.7. The summed E-state index contributed by atoms with van der Waals surface area (Å²) in [6.07, 6.45) is 3.92. The fraction of sp³-hybridized carbons (Fsp3) is 0.568. The topological polar surface area (TPSA) is 333 Å². The summed E-state index contributed by atoms with van der Waals surface area (Å²) >= 11 is 9.87. The number of halogens is 2. The van der Waals surface area contributed by atoms with E-state index in [0.29, 0.717) is 33.8 Å². The second kappa shape index (κ2) is 26.5. The number of sulfone groups is 2. The Hall–Kier alpha value is -5.50. The summed E-state index contributed by atoms with van der Waals surface area (Å²) < 4.78 is 78.1. The van der Waals surface area contributed by atoms with E-state index < -0.39 is 93.2 Å². The molecule has 1 unspecified atom stereocenters. The van der Waals surface area contributed by atoms with E-state index in [1.165, 1.54) is 24.5 Å². The molecule has 3 saturated heterocycles. The molecule has 0 aliphatic carbocycles. The minimum atomic E-state index is -3.28. The van der Waals surface area contributed by atoms with Crippen molar-refractivity contribution in [3.8, 4) is 0 Å². The number of ether oxygens (including phenoxy) is 2. The maximum Gasteiger partial charge on any atom is 0.408 e. The van der Waals surface area contributed by atoms with Crippen LogP contribution in [0.5, 0.6) is 0 Å². The van der Waals surface area contributed by atoms with Crippen molar-refractivity contribution in [3.63, 3.8) is 0 Å². The van der Waals surface area contributed by atoms with E-state index in [1.54, 1.807) is 61.5 Å². The molecule has 1 aromatic heterocycles. The molecule has 0 bridgehead atoms. The minimum absolute atomic E-state index is 0.0282. The lowest BCUT2D eigenvalue weighted by molar-refractivity contribution is -0.160. The SMILES string of the molecule is CC(C)(C)OC(=O)N[C@@H]1CON(CCS(C)(=O)=S)C1=O.CC(C)(C)OC(=O)N[C@@H]1CONC1=O.CS(=O)(=O)CCCl.Cc1[nH]c(/C=C2\C(=O)Nc3ccc(F)cc32)c(C)c1C(=O)N[C@@H]1CON(CCS(C)(=O)=O)C1=O. The van der Waals surface area contributed by atoms with Crippen LogP contribution in [-0.4, -0.2) is 182 Å². The zero-order valence-corrected chi connectivity index (χ0v) is 47.2. The third kappa shape index (κ3) is 21.9. The van der Waals surface area contributed by atoms with Crippen LogP contribution >= 0.6 is 11.6 Å². The van der Waals surface area contributed by atoms with Crippen LogP contribution in [0.15, 0.2) is 18.2 Å². The van der Waals surface area contributed by atoms with Crippen LogP contribution in [0, 0.1) is 19.7 Å². The van der Waals surface area contributed by atoms with E-state index in [1.807, 2.05) is 0 Å². The second-order valence-corrected chi connectivity index (χ2v) is 28.4. The molecule has 0 spiro atoms. The van der Waals surface area contributed by atoms with Gasteiger partial charge in [0.15, 0.2) is 0 Å². The Kier molecular flexibility index (Phi) is 22.5. The van der Waals surface area contributed by atoms with Crippen LogP contribution in [-0.2, 0) is 82.5 Å². The van der Waals surface area contributed by atoms with Crippen LogP contribution in [0.3, 0.4) is 0 Å². The molecule has 420 valence electrons. The van der Waals surface area contributed by atoms with Gasteiger partial charge in [-0.3, -0.25) is 42.7 Å². The number of H-pyrrole nitrogens is 1. The van der Waals surface area contributed by atoms with Crippen LogP contribution in [0.2, 0.25) is 0 Å². The van der Waals surface area contributed by atoms with Crippen molar-refractivity contribution >= 4 is 110 Å². The molecule has 4 atom stereocenters. The molecule has 7 amide bonds. The standard InChI is InChI=1S/C22H23FN4O6S.C11H20N2O5S2.C8H14N2O4.C3H7ClO2S/c1-11-17(9-15-14-8-13(23)4-5-16(14)25-20(15)28)24-12(2)19(11)21(29)26-18-10-33-27(22(18)30)6-7-34(3,31)32;1-11(2,3)18-10(15)12-8-7-17-13(9(8)14)5-6-20(4,16)19;1-8(2,3)14-7(12)9-5-4-13-10-6(5)11;1-7(5,6)3-2-4/h4-5,8-9,18,24H,6-7,10H2,1-3H3,(H,25,28)(H,26,29);8H,5-7H2,1-4H3,(H,12,15);5H,4H2,1-3H3,(H,9,12)(H,10,11);2-3H2,1H3/b15-9-;;;/t18-;8-,20?;5-;/m111./s1. The molecule has 6 rings (SSSR count). The monoisotopic (exact) mass is 1160 g/mol. The fourth-order valence-corrected chi connectivity index (χ4v) is 8.77. The van der Waals surface area contributed by atoms with Crippen molar-refractivity contribution in [1.82, 2.24) is 36.5 Å². The average molecular weight is 1160 g/mol. The van der Waals surface area contributed by atoms with E-state index in [0.717, 1.165) is 22.6 Å². The number of rotatable bonds is 13. The van der Waals surface area contributed by atoms with Gasteiger partial charge in [-0.2, -0.15) is 0 Å². The molecule has 25 nitrogen and oxygen atoms in total. The number of aromatic amines is 1. The summed E-state index contributed by atoms with van der Waals surface area (Å²) in [5, 5.41) is 12.1. The Labute approximate surface area is 444 Å². The number of benzene rings is 1. The van der Waals surface area contributed by atoms with Crippen molar-refractivity contribution < 1.29 is 83.0 Å². The molecule has 75 heavy (non-hydrogen) atoms. The number of alkyl carbamates (subject to hydrolysis) is 2. The average Bonchev–Trinajstić information content (AvgIpc) is 4.04. The number of hydroxylamine groups is 5. The lowest BCUT2D eigenvalue weighted by Crippen LogP contribution is -2.45. The fourth-order valence-electron chi connectivity index (χ4n) is 6.43. The van der Waals surface area contributed by atoms with Crippen molar-refractivity contribution in [2.24, 2.45) is 0 Å². The zero-order valence-electron chi connectivity index (χ0n) is 43.1. The molecule has 1 aromatic carbocycles. The summed E-state index contributed by atoms with van der Waals surface area (Å²) in [6.45, 7) is 13.8. The van der Waals surface area contributed by atoms with Crippen LogP contribution in [0.25, 0.3) is 11.6 Å². The van der Waals surface area contributed by atoms with Crippen molar-refractivity contribution in [3.05, 3.63) is 52.1 Å². The van der Waals surface area contributed by atoms with Crippen molar-refractivity contribution in [2.75, 3.05) is 80.1 Å². The number of carbonyl (C=O) groups excluding carboxylic acids is 7. The lowest BCUT2D eigenvalue weighted by Gasteiger charge is -2.20. The predicted octanol–water partition coefficient (Wildman–Crippen LogP) is 1.42. The smallest absolute Gasteiger partial charge is 0.408 e. The number of nitrogens with zero attached hydrogens (tertiary/aromatic N) is 2. The Morgan fingerprint density at radius 1 is 0.800 bits per heavy atom. The first kappa shape index (κ1) is 63.8. The van der Waals surface area contributed by atoms with Gasteiger partial charge in [0, 0.05) is 61.5 Å². The number of aromatic nitrogens is 1. The van der Waals surface area contributed by atoms with Gasteiger partial charge in [-0.25, -0.2) is 46.4 Å². The predicted molar refractivity (Wildman–Crippen MR) is 277 cm³/mol. The first-order valence-corrected chi connectivity index (χ1v) is 30.3. The van der Waals surface area contributed by atoms with Crippen molar-refractivity contribution in [1.29, 1.82) is 0 Å². The van der Waals surface area contributed by atoms with E-state index in [9.17, 15) is 59.0 Å². The van der Waals surface area contributed by atoms with Crippen molar-refractivity contribution in [2.45, 2.75) is 84.7 Å². The molecular weight excluding hydrogens is 1100 g/mol. The van der Waals surface area contributed by atoms with E-state index in [-0.39, 0.29) is 73.4 Å². The molecule has 0 saturated carbocycles. The molecule has 4 aliphatic heterocycles. The lowest BCUT2D eigenvalue weighted by atomic mass is 10.0. The number of nitrogens with one attached hydrogen (secondary N) is 6. The highest BCUT2D eigenvalue weighted by Gasteiger charge is 2.37. The summed E-state index contributed by atoms with van der Waals surface area (Å²) in [4.78, 5) is 102. The Morgan fingerprint density at radius 3 is 1.76 bits per heavy atom. The highest BCUT2D eigenvalue weighted by atomic mass is 35.5. The number of amides is 7. The summed E-state index contributed by atoms with van der Waals surface area (Å²) in [5.74, 6) is -2.49. The van der Waals surface area contributed by atoms with E-state index in [4.69, 9.17) is 41.9 Å². The van der Waals surface area contributed by atoms with E-state index >= 15 is 0 Å². The van der Waals surface area contributed by atoms with Crippen LogP contribution in [0.1, 0.15) is 74.4 Å². The first-order chi connectivity index (χ1) is 34.4. The first-order valence-electron chi connectivity index (χ1n) is 22.6. The largest absolute Gasteiger partial charge is 0.444 e. The maximum absolute atomic E-state index is 13.7. The highest BCUT2D eigenvalue weighted by Crippen LogP contribution is 2.34. The number of aryl methyl sites for hydroxylation is 1.